The summed E-state index contributed by atoms with van der Waals surface area (Å²) in [7, 11) is 0. The first-order valence-electron chi connectivity index (χ1n) is 11.4. The fraction of sp³-hybridized carbons (Fsp3) is 0.185. The van der Waals surface area contributed by atoms with E-state index in [0.29, 0.717) is 50.5 Å². The van der Waals surface area contributed by atoms with Crippen molar-refractivity contribution in [2.24, 2.45) is 4.99 Å². The molecule has 0 saturated carbocycles. The number of benzene rings is 3. The molecule has 4 rings (SSSR count). The lowest BCUT2D eigenvalue weighted by molar-refractivity contribution is -0.122. The second-order valence-electron chi connectivity index (χ2n) is 7.83. The van der Waals surface area contributed by atoms with E-state index in [0.717, 1.165) is 14.7 Å². The molecule has 0 N–H and O–H groups in total. The van der Waals surface area contributed by atoms with Gasteiger partial charge in [-0.25, -0.2) is 9.38 Å². The summed E-state index contributed by atoms with van der Waals surface area (Å²) in [6, 6.07) is 15.0. The zero-order chi connectivity index (χ0) is 26.5. The van der Waals surface area contributed by atoms with Gasteiger partial charge >= 0.3 is 0 Å². The van der Waals surface area contributed by atoms with Gasteiger partial charge in [0.05, 0.1) is 30.8 Å². The van der Waals surface area contributed by atoms with Crippen LogP contribution >= 0.6 is 57.6 Å². The van der Waals surface area contributed by atoms with Crippen molar-refractivity contribution in [1.82, 2.24) is 4.90 Å². The fourth-order valence-electron chi connectivity index (χ4n) is 3.51. The first-order valence-corrected chi connectivity index (χ1v) is 14.0. The molecule has 0 bridgehead atoms. The summed E-state index contributed by atoms with van der Waals surface area (Å²) < 4.78 is 26.1. The summed E-state index contributed by atoms with van der Waals surface area (Å²) in [4.78, 5) is 19.8. The summed E-state index contributed by atoms with van der Waals surface area (Å²) in [5.41, 5.74) is 2.25. The molecule has 1 amide bonds. The van der Waals surface area contributed by atoms with Crippen LogP contribution in [0, 0.1) is 9.39 Å². The van der Waals surface area contributed by atoms with Crippen molar-refractivity contribution in [2.75, 3.05) is 13.2 Å². The first kappa shape index (κ1) is 27.8. The molecule has 0 radical (unpaired) electrons. The van der Waals surface area contributed by atoms with Crippen LogP contribution in [0.5, 0.6) is 11.5 Å². The highest BCUT2D eigenvalue weighted by atomic mass is 127. The van der Waals surface area contributed by atoms with E-state index in [1.54, 1.807) is 29.2 Å². The Kier molecular flexibility index (Phi) is 9.39. The zero-order valence-electron chi connectivity index (χ0n) is 19.9. The fourth-order valence-corrected chi connectivity index (χ4v) is 5.67. The number of halogens is 4. The summed E-state index contributed by atoms with van der Waals surface area (Å²) in [6.07, 6.45) is 1.82. The van der Waals surface area contributed by atoms with Gasteiger partial charge in [0.25, 0.3) is 5.91 Å². The van der Waals surface area contributed by atoms with E-state index in [4.69, 9.17) is 32.7 Å². The Morgan fingerprint density at radius 3 is 2.49 bits per heavy atom. The van der Waals surface area contributed by atoms with Crippen molar-refractivity contribution >= 4 is 80.4 Å². The highest BCUT2D eigenvalue weighted by molar-refractivity contribution is 14.1. The van der Waals surface area contributed by atoms with Crippen LogP contribution in [0.3, 0.4) is 0 Å². The van der Waals surface area contributed by atoms with E-state index in [1.165, 1.54) is 23.9 Å². The van der Waals surface area contributed by atoms with Gasteiger partial charge in [-0.2, -0.15) is 0 Å². The molecule has 0 atom stereocenters. The molecule has 0 aromatic heterocycles. The third kappa shape index (κ3) is 6.79. The molecule has 0 aliphatic carbocycles. The number of hydrogen-bond donors (Lipinski definition) is 0. The molecule has 1 heterocycles. The summed E-state index contributed by atoms with van der Waals surface area (Å²) in [6.45, 7) is 4.99. The Hall–Kier alpha value is -2.27. The van der Waals surface area contributed by atoms with Crippen molar-refractivity contribution in [2.45, 2.75) is 20.5 Å². The van der Waals surface area contributed by atoms with E-state index < -0.39 is 0 Å². The predicted molar refractivity (Wildman–Crippen MR) is 158 cm³/mol. The highest BCUT2D eigenvalue weighted by Crippen LogP contribution is 2.38. The molecule has 0 unspecified atom stereocenters. The monoisotopic (exact) mass is 670 g/mol. The van der Waals surface area contributed by atoms with Crippen molar-refractivity contribution in [1.29, 1.82) is 0 Å². The lowest BCUT2D eigenvalue weighted by Gasteiger charge is -2.15. The van der Waals surface area contributed by atoms with Crippen molar-refractivity contribution in [3.63, 3.8) is 0 Å². The Labute approximate surface area is 242 Å². The van der Waals surface area contributed by atoms with E-state index >= 15 is 0 Å². The number of likely N-dealkylation sites (N-methyl/N-ethyl adjacent to an activating group) is 1. The predicted octanol–water partition coefficient (Wildman–Crippen LogP) is 8.34. The minimum Gasteiger partial charge on any atom is -0.490 e. The molecular weight excluding hydrogens is 649 g/mol. The number of carbonyl (C=O) groups excluding carboxylic acids is 1. The van der Waals surface area contributed by atoms with Gasteiger partial charge in [-0.1, -0.05) is 29.3 Å². The number of ether oxygens (including phenoxy) is 2. The second-order valence-corrected chi connectivity index (χ2v) is 10.8. The topological polar surface area (TPSA) is 51.1 Å². The number of amidine groups is 1. The van der Waals surface area contributed by atoms with E-state index in [-0.39, 0.29) is 18.3 Å². The maximum absolute atomic E-state index is 13.3. The van der Waals surface area contributed by atoms with Crippen LogP contribution in [0.1, 0.15) is 25.0 Å². The van der Waals surface area contributed by atoms with Gasteiger partial charge in [0.15, 0.2) is 16.7 Å². The Bertz CT molecular complexity index is 1380. The number of aliphatic imine (C=N–C) groups is 1. The molecule has 37 heavy (non-hydrogen) atoms. The van der Waals surface area contributed by atoms with Crippen LogP contribution in [0.2, 0.25) is 10.0 Å². The van der Waals surface area contributed by atoms with E-state index in [9.17, 15) is 9.18 Å². The number of nitrogens with zero attached hydrogens (tertiary/aromatic N) is 2. The Balaban J connectivity index is 1.60. The normalized spacial score (nSPS) is 15.6. The number of carbonyl (C=O) groups is 1. The standard InChI is InChI=1S/C27H22Cl2FIN2O3S/c1-3-33-26(34)24(37-27(33)32-19-8-6-18(30)7-9-19)14-17-12-22(31)25(23(13-17)35-4-2)36-15-16-5-10-20(28)21(29)11-16/h5-14H,3-4,15H2,1-2H3/b24-14+,32-27?. The van der Waals surface area contributed by atoms with Gasteiger partial charge in [-0.05, 0) is 114 Å². The van der Waals surface area contributed by atoms with Crippen LogP contribution < -0.4 is 9.47 Å². The van der Waals surface area contributed by atoms with Crippen LogP contribution in [-0.2, 0) is 11.4 Å². The lowest BCUT2D eigenvalue weighted by atomic mass is 10.1. The van der Waals surface area contributed by atoms with E-state index in [1.807, 2.05) is 38.1 Å². The quantitative estimate of drug-likeness (QED) is 0.179. The van der Waals surface area contributed by atoms with Crippen LogP contribution in [-0.4, -0.2) is 29.1 Å². The zero-order valence-corrected chi connectivity index (χ0v) is 24.4. The minimum atomic E-state index is -0.337. The average Bonchev–Trinajstić information content (AvgIpc) is 3.15. The molecule has 0 spiro atoms. The van der Waals surface area contributed by atoms with Gasteiger partial charge in [0, 0.05) is 6.54 Å². The smallest absolute Gasteiger partial charge is 0.266 e. The molecule has 1 aliphatic rings. The Morgan fingerprint density at radius 1 is 1.05 bits per heavy atom. The van der Waals surface area contributed by atoms with Crippen LogP contribution in [0.15, 0.2) is 64.5 Å². The third-order valence-corrected chi connectivity index (χ3v) is 7.80. The molecule has 3 aromatic rings. The maximum Gasteiger partial charge on any atom is 0.266 e. The molecule has 1 aliphatic heterocycles. The van der Waals surface area contributed by atoms with Crippen LogP contribution in [0.25, 0.3) is 6.08 Å². The SMILES string of the molecule is CCOc1cc(/C=C2/SC(=Nc3ccc(F)cc3)N(CC)C2=O)cc(I)c1OCc1ccc(Cl)c(Cl)c1. The first-order chi connectivity index (χ1) is 17.8. The summed E-state index contributed by atoms with van der Waals surface area (Å²) in [5.74, 6) is 0.705. The molecule has 1 saturated heterocycles. The van der Waals surface area contributed by atoms with Gasteiger partial charge in [-0.15, -0.1) is 0 Å². The van der Waals surface area contributed by atoms with Gasteiger partial charge in [0.2, 0.25) is 0 Å². The summed E-state index contributed by atoms with van der Waals surface area (Å²) in [5, 5.41) is 1.50. The van der Waals surface area contributed by atoms with Gasteiger partial charge in [-0.3, -0.25) is 9.69 Å². The third-order valence-electron chi connectivity index (χ3n) is 5.25. The van der Waals surface area contributed by atoms with Crippen molar-refractivity contribution < 1.29 is 18.7 Å². The molecular formula is C27H22Cl2FIN2O3S. The Morgan fingerprint density at radius 2 is 1.81 bits per heavy atom. The molecule has 5 nitrogen and oxygen atoms in total. The average molecular weight is 671 g/mol. The minimum absolute atomic E-state index is 0.138. The number of amides is 1. The van der Waals surface area contributed by atoms with Crippen molar-refractivity contribution in [3.05, 3.63) is 90.1 Å². The maximum atomic E-state index is 13.3. The molecule has 192 valence electrons. The largest absolute Gasteiger partial charge is 0.490 e. The molecule has 10 heteroatoms. The second kappa shape index (κ2) is 12.5. The lowest BCUT2D eigenvalue weighted by Crippen LogP contribution is -2.28. The van der Waals surface area contributed by atoms with Gasteiger partial charge in [0.1, 0.15) is 12.4 Å². The van der Waals surface area contributed by atoms with Crippen molar-refractivity contribution in [3.8, 4) is 11.5 Å². The number of hydrogen-bond acceptors (Lipinski definition) is 5. The van der Waals surface area contributed by atoms with Crippen LogP contribution in [0.4, 0.5) is 10.1 Å². The molecule has 1 fully saturated rings. The summed E-state index contributed by atoms with van der Waals surface area (Å²) >= 11 is 15.6. The number of thioether (sulfide) groups is 1. The number of rotatable bonds is 8. The molecule has 3 aromatic carbocycles. The van der Waals surface area contributed by atoms with E-state index in [2.05, 4.69) is 27.6 Å². The van der Waals surface area contributed by atoms with Gasteiger partial charge < -0.3 is 9.47 Å². The highest BCUT2D eigenvalue weighted by Gasteiger charge is 2.32.